The minimum atomic E-state index is 0.545. The lowest BCUT2D eigenvalue weighted by atomic mass is 10.0. The molecule has 3 heterocycles. The van der Waals surface area contributed by atoms with E-state index >= 15 is 0 Å². The number of para-hydroxylation sites is 1. The minimum Gasteiger partial charge on any atom is -0.360 e. The van der Waals surface area contributed by atoms with Crippen molar-refractivity contribution in [3.8, 4) is 11.3 Å². The fourth-order valence-electron chi connectivity index (χ4n) is 2.46. The lowest BCUT2D eigenvalue weighted by Gasteiger charge is -2.24. The lowest BCUT2D eigenvalue weighted by Crippen LogP contribution is -2.40. The van der Waals surface area contributed by atoms with Crippen LogP contribution in [0.2, 0.25) is 0 Å². The van der Waals surface area contributed by atoms with E-state index in [-0.39, 0.29) is 0 Å². The van der Waals surface area contributed by atoms with E-state index in [1.807, 2.05) is 18.5 Å². The Labute approximate surface area is 104 Å². The predicted octanol–water partition coefficient (Wildman–Crippen LogP) is 2.24. The highest BCUT2D eigenvalue weighted by atomic mass is 15.0. The van der Waals surface area contributed by atoms with Crippen molar-refractivity contribution in [3.05, 3.63) is 42.5 Å². The first-order valence-corrected chi connectivity index (χ1v) is 6.24. The van der Waals surface area contributed by atoms with Crippen molar-refractivity contribution in [2.75, 3.05) is 13.1 Å². The fourth-order valence-corrected chi connectivity index (χ4v) is 2.46. The second-order valence-corrected chi connectivity index (χ2v) is 4.79. The summed E-state index contributed by atoms with van der Waals surface area (Å²) in [4.78, 5) is 11.2. The van der Waals surface area contributed by atoms with E-state index in [0.29, 0.717) is 5.92 Å². The highest BCUT2D eigenvalue weighted by molar-refractivity contribution is 5.94. The van der Waals surface area contributed by atoms with E-state index in [4.69, 9.17) is 0 Å². The van der Waals surface area contributed by atoms with Crippen LogP contribution in [0.25, 0.3) is 22.2 Å². The monoisotopic (exact) mass is 238 g/mol. The van der Waals surface area contributed by atoms with Crippen LogP contribution in [0, 0.1) is 0 Å². The summed E-state index contributed by atoms with van der Waals surface area (Å²) in [5.41, 5.74) is 3.44. The molecule has 1 aliphatic rings. The number of rotatable bonds is 2. The summed E-state index contributed by atoms with van der Waals surface area (Å²) in [5.74, 6) is 1.64. The number of imidazole rings is 1. The molecule has 0 spiro atoms. The van der Waals surface area contributed by atoms with E-state index in [1.54, 1.807) is 0 Å². The minimum absolute atomic E-state index is 0.545. The summed E-state index contributed by atoms with van der Waals surface area (Å²) in [6.07, 6.45) is 3.98. The van der Waals surface area contributed by atoms with Crippen molar-refractivity contribution >= 4 is 10.9 Å². The molecule has 0 radical (unpaired) electrons. The van der Waals surface area contributed by atoms with Gasteiger partial charge < -0.3 is 15.3 Å². The van der Waals surface area contributed by atoms with Crippen molar-refractivity contribution in [1.29, 1.82) is 0 Å². The van der Waals surface area contributed by atoms with Gasteiger partial charge in [0.15, 0.2) is 0 Å². The van der Waals surface area contributed by atoms with Crippen molar-refractivity contribution in [1.82, 2.24) is 20.3 Å². The molecular formula is C14H14N4. The topological polar surface area (TPSA) is 56.5 Å². The van der Waals surface area contributed by atoms with Crippen LogP contribution in [0.5, 0.6) is 0 Å². The van der Waals surface area contributed by atoms with Gasteiger partial charge in [-0.3, -0.25) is 0 Å². The molecule has 0 amide bonds. The molecule has 4 nitrogen and oxygen atoms in total. The Bertz CT molecular complexity index is 690. The van der Waals surface area contributed by atoms with Crippen molar-refractivity contribution < 1.29 is 0 Å². The first kappa shape index (κ1) is 9.91. The molecular weight excluding hydrogens is 224 g/mol. The van der Waals surface area contributed by atoms with Crippen molar-refractivity contribution in [2.45, 2.75) is 5.92 Å². The summed E-state index contributed by atoms with van der Waals surface area (Å²) >= 11 is 0. The SMILES string of the molecule is c1ccc2c(-c3cnc(C4CNC4)[nH]3)c[nH]c2c1. The number of hydrogen-bond donors (Lipinski definition) is 3. The van der Waals surface area contributed by atoms with Crippen molar-refractivity contribution in [2.24, 2.45) is 0 Å². The smallest absolute Gasteiger partial charge is 0.112 e. The second kappa shape index (κ2) is 3.71. The third-order valence-corrected chi connectivity index (χ3v) is 3.64. The number of nitrogens with zero attached hydrogens (tertiary/aromatic N) is 1. The van der Waals surface area contributed by atoms with E-state index in [9.17, 15) is 0 Å². The molecule has 90 valence electrons. The average Bonchev–Trinajstić information content (AvgIpc) is 2.92. The molecule has 0 aliphatic carbocycles. The maximum Gasteiger partial charge on any atom is 0.112 e. The molecule has 0 atom stereocenters. The van der Waals surface area contributed by atoms with Gasteiger partial charge in [0, 0.05) is 41.7 Å². The number of nitrogens with one attached hydrogen (secondary N) is 3. The zero-order valence-corrected chi connectivity index (χ0v) is 9.90. The molecule has 1 aromatic carbocycles. The maximum atomic E-state index is 4.49. The van der Waals surface area contributed by atoms with E-state index in [2.05, 4.69) is 38.5 Å². The van der Waals surface area contributed by atoms with Crippen LogP contribution in [-0.4, -0.2) is 28.0 Å². The van der Waals surface area contributed by atoms with Gasteiger partial charge in [-0.1, -0.05) is 18.2 Å². The third kappa shape index (κ3) is 1.39. The fraction of sp³-hybridized carbons (Fsp3) is 0.214. The van der Waals surface area contributed by atoms with Crippen LogP contribution in [0.3, 0.4) is 0 Å². The molecule has 18 heavy (non-hydrogen) atoms. The molecule has 4 rings (SSSR count). The van der Waals surface area contributed by atoms with Gasteiger partial charge in [-0.05, 0) is 6.07 Å². The van der Waals surface area contributed by atoms with Gasteiger partial charge in [0.25, 0.3) is 0 Å². The molecule has 3 aromatic rings. The summed E-state index contributed by atoms with van der Waals surface area (Å²) in [6, 6.07) is 8.33. The van der Waals surface area contributed by atoms with Crippen LogP contribution in [0.1, 0.15) is 11.7 Å². The average molecular weight is 238 g/mol. The number of hydrogen-bond acceptors (Lipinski definition) is 2. The molecule has 3 N–H and O–H groups in total. The number of aromatic nitrogens is 3. The molecule has 0 bridgehead atoms. The highest BCUT2D eigenvalue weighted by Crippen LogP contribution is 2.28. The Morgan fingerprint density at radius 2 is 2.06 bits per heavy atom. The summed E-state index contributed by atoms with van der Waals surface area (Å²) in [6.45, 7) is 2.06. The van der Waals surface area contributed by atoms with E-state index < -0.39 is 0 Å². The van der Waals surface area contributed by atoms with Crippen LogP contribution in [0.4, 0.5) is 0 Å². The van der Waals surface area contributed by atoms with Gasteiger partial charge >= 0.3 is 0 Å². The number of aromatic amines is 2. The normalized spacial score (nSPS) is 16.0. The molecule has 1 aliphatic heterocycles. The van der Waals surface area contributed by atoms with Crippen LogP contribution in [-0.2, 0) is 0 Å². The number of benzene rings is 1. The largest absolute Gasteiger partial charge is 0.360 e. The van der Waals surface area contributed by atoms with Gasteiger partial charge in [0.05, 0.1) is 11.9 Å². The molecule has 2 aromatic heterocycles. The number of fused-ring (bicyclic) bond motifs is 1. The Morgan fingerprint density at radius 1 is 1.17 bits per heavy atom. The molecule has 0 saturated carbocycles. The zero-order chi connectivity index (χ0) is 11.9. The van der Waals surface area contributed by atoms with Crippen LogP contribution >= 0.6 is 0 Å². The molecule has 4 heteroatoms. The summed E-state index contributed by atoms with van der Waals surface area (Å²) in [7, 11) is 0. The van der Waals surface area contributed by atoms with Crippen molar-refractivity contribution in [3.63, 3.8) is 0 Å². The quantitative estimate of drug-likeness (QED) is 0.641. The Hall–Kier alpha value is -2.07. The third-order valence-electron chi connectivity index (χ3n) is 3.64. The van der Waals surface area contributed by atoms with Gasteiger partial charge in [-0.2, -0.15) is 0 Å². The van der Waals surface area contributed by atoms with Crippen LogP contribution < -0.4 is 5.32 Å². The van der Waals surface area contributed by atoms with Gasteiger partial charge in [0.1, 0.15) is 5.82 Å². The predicted molar refractivity (Wildman–Crippen MR) is 71.5 cm³/mol. The summed E-state index contributed by atoms with van der Waals surface area (Å²) < 4.78 is 0. The number of H-pyrrole nitrogens is 2. The Morgan fingerprint density at radius 3 is 2.89 bits per heavy atom. The Balaban J connectivity index is 1.79. The molecule has 1 saturated heterocycles. The second-order valence-electron chi connectivity index (χ2n) is 4.79. The standard InChI is InChI=1S/C14H14N4/c1-2-4-12-10(3-1)11(7-16-12)13-8-17-14(18-13)9-5-15-6-9/h1-4,7-9,15-16H,5-6H2,(H,17,18). The van der Waals surface area contributed by atoms with Gasteiger partial charge in [0.2, 0.25) is 0 Å². The lowest BCUT2D eigenvalue weighted by molar-refractivity contribution is 0.433. The molecule has 1 fully saturated rings. The Kier molecular flexibility index (Phi) is 2.04. The first-order chi connectivity index (χ1) is 8.92. The van der Waals surface area contributed by atoms with E-state index in [1.165, 1.54) is 10.9 Å². The highest BCUT2D eigenvalue weighted by Gasteiger charge is 2.22. The van der Waals surface area contributed by atoms with Crippen LogP contribution in [0.15, 0.2) is 36.7 Å². The van der Waals surface area contributed by atoms with Gasteiger partial charge in [-0.15, -0.1) is 0 Å². The maximum absolute atomic E-state index is 4.49. The zero-order valence-electron chi connectivity index (χ0n) is 9.90. The molecule has 0 unspecified atom stereocenters. The van der Waals surface area contributed by atoms with E-state index in [0.717, 1.165) is 30.1 Å². The first-order valence-electron chi connectivity index (χ1n) is 6.24. The summed E-state index contributed by atoms with van der Waals surface area (Å²) in [5, 5.41) is 4.50. The van der Waals surface area contributed by atoms with Gasteiger partial charge in [-0.25, -0.2) is 4.98 Å².